The Hall–Kier alpha value is -1.09. The van der Waals surface area contributed by atoms with Gasteiger partial charge in [-0.15, -0.1) is 0 Å². The summed E-state index contributed by atoms with van der Waals surface area (Å²) in [5.74, 6) is 0. The van der Waals surface area contributed by atoms with Gasteiger partial charge in [-0.05, 0) is 6.92 Å². The topological polar surface area (TPSA) is 43.8 Å². The molecule has 0 aliphatic rings. The minimum Gasteiger partial charge on any atom is -0.327 e. The second-order valence-electron chi connectivity index (χ2n) is 2.64. The van der Waals surface area contributed by atoms with E-state index < -0.39 is 0 Å². The fraction of sp³-hybridized carbons (Fsp3) is 0.375. The monoisotopic (exact) mass is 151 g/mol. The van der Waals surface area contributed by atoms with Crippen LogP contribution in [0.4, 0.5) is 0 Å². The van der Waals surface area contributed by atoms with Crippen LogP contribution in [-0.2, 0) is 7.05 Å². The average Bonchev–Trinajstić information content (AvgIpc) is 2.35. The van der Waals surface area contributed by atoms with Gasteiger partial charge in [0.25, 0.3) is 0 Å². The largest absolute Gasteiger partial charge is 0.327 e. The van der Waals surface area contributed by atoms with Crippen LogP contribution in [0.1, 0.15) is 12.5 Å². The molecule has 3 nitrogen and oxygen atoms in total. The second kappa shape index (κ2) is 3.34. The van der Waals surface area contributed by atoms with Gasteiger partial charge in [0.2, 0.25) is 0 Å². The van der Waals surface area contributed by atoms with Crippen LogP contribution >= 0.6 is 0 Å². The molecule has 1 heterocycles. The van der Waals surface area contributed by atoms with Gasteiger partial charge >= 0.3 is 0 Å². The number of hydrogen-bond donors (Lipinski definition) is 1. The van der Waals surface area contributed by atoms with Crippen molar-refractivity contribution in [2.75, 3.05) is 6.54 Å². The minimum absolute atomic E-state index is 0.606. The molecular formula is C8H13N3. The Morgan fingerprint density at radius 1 is 1.82 bits per heavy atom. The molecule has 2 N–H and O–H groups in total. The van der Waals surface area contributed by atoms with E-state index in [1.54, 1.807) is 4.68 Å². The fourth-order valence-corrected chi connectivity index (χ4v) is 0.858. The van der Waals surface area contributed by atoms with Crippen LogP contribution in [0.15, 0.2) is 18.0 Å². The second-order valence-corrected chi connectivity index (χ2v) is 2.64. The van der Waals surface area contributed by atoms with E-state index in [1.165, 1.54) is 0 Å². The Morgan fingerprint density at radius 3 is 3.00 bits per heavy atom. The molecule has 11 heavy (non-hydrogen) atoms. The van der Waals surface area contributed by atoms with E-state index in [9.17, 15) is 0 Å². The number of aryl methyl sites for hydroxylation is 1. The van der Waals surface area contributed by atoms with Gasteiger partial charge < -0.3 is 5.73 Å². The molecule has 0 aliphatic heterocycles. The molecule has 3 heteroatoms. The van der Waals surface area contributed by atoms with E-state index in [4.69, 9.17) is 5.73 Å². The van der Waals surface area contributed by atoms with Crippen molar-refractivity contribution in [1.29, 1.82) is 0 Å². The third-order valence-electron chi connectivity index (χ3n) is 1.46. The highest BCUT2D eigenvalue weighted by atomic mass is 15.2. The average molecular weight is 151 g/mol. The number of nitrogens with two attached hydrogens (primary N) is 1. The summed E-state index contributed by atoms with van der Waals surface area (Å²) in [5.41, 5.74) is 7.70. The zero-order chi connectivity index (χ0) is 8.27. The van der Waals surface area contributed by atoms with Gasteiger partial charge in [0, 0.05) is 25.4 Å². The van der Waals surface area contributed by atoms with Crippen molar-refractivity contribution >= 4 is 6.08 Å². The molecule has 0 fully saturated rings. The van der Waals surface area contributed by atoms with Crippen molar-refractivity contribution in [3.05, 3.63) is 23.5 Å². The minimum atomic E-state index is 0.606. The summed E-state index contributed by atoms with van der Waals surface area (Å²) in [5, 5.41) is 4.04. The number of rotatable bonds is 2. The van der Waals surface area contributed by atoms with E-state index in [-0.39, 0.29) is 0 Å². The SMILES string of the molecule is CC(=Cc1cnn(C)c1)CN. The van der Waals surface area contributed by atoms with Gasteiger partial charge in [0.15, 0.2) is 0 Å². The zero-order valence-electron chi connectivity index (χ0n) is 6.91. The summed E-state index contributed by atoms with van der Waals surface area (Å²) < 4.78 is 1.77. The van der Waals surface area contributed by atoms with Gasteiger partial charge in [0.05, 0.1) is 6.20 Å². The highest BCUT2D eigenvalue weighted by Crippen LogP contribution is 2.02. The summed E-state index contributed by atoms with van der Waals surface area (Å²) in [7, 11) is 1.90. The maximum absolute atomic E-state index is 5.43. The van der Waals surface area contributed by atoms with Crippen LogP contribution in [-0.4, -0.2) is 16.3 Å². The van der Waals surface area contributed by atoms with E-state index >= 15 is 0 Å². The Morgan fingerprint density at radius 2 is 2.55 bits per heavy atom. The van der Waals surface area contributed by atoms with Crippen LogP contribution in [0.5, 0.6) is 0 Å². The standard InChI is InChI=1S/C8H13N3/c1-7(4-9)3-8-5-10-11(2)6-8/h3,5-6H,4,9H2,1-2H3. The highest BCUT2D eigenvalue weighted by Gasteiger charge is 1.91. The molecule has 0 bridgehead atoms. The van der Waals surface area contributed by atoms with Crippen LogP contribution in [0.2, 0.25) is 0 Å². The van der Waals surface area contributed by atoms with Crippen molar-refractivity contribution in [2.24, 2.45) is 12.8 Å². The van der Waals surface area contributed by atoms with Crippen molar-refractivity contribution in [1.82, 2.24) is 9.78 Å². The predicted octanol–water partition coefficient (Wildman–Crippen LogP) is 0.782. The molecule has 60 valence electrons. The Balaban J connectivity index is 2.78. The lowest BCUT2D eigenvalue weighted by Gasteiger charge is -1.91. The molecule has 0 amide bonds. The van der Waals surface area contributed by atoms with E-state index in [0.717, 1.165) is 11.1 Å². The zero-order valence-corrected chi connectivity index (χ0v) is 6.91. The maximum atomic E-state index is 5.43. The summed E-state index contributed by atoms with van der Waals surface area (Å²) in [6.07, 6.45) is 5.81. The molecule has 0 aromatic carbocycles. The Kier molecular flexibility index (Phi) is 2.44. The normalized spacial score (nSPS) is 12.1. The first-order chi connectivity index (χ1) is 5.22. The van der Waals surface area contributed by atoms with Crippen molar-refractivity contribution < 1.29 is 0 Å². The van der Waals surface area contributed by atoms with Gasteiger partial charge in [-0.2, -0.15) is 5.10 Å². The van der Waals surface area contributed by atoms with Gasteiger partial charge in [0.1, 0.15) is 0 Å². The van der Waals surface area contributed by atoms with E-state index in [2.05, 4.69) is 5.10 Å². The maximum Gasteiger partial charge on any atom is 0.0562 e. The van der Waals surface area contributed by atoms with Gasteiger partial charge in [-0.1, -0.05) is 11.6 Å². The summed E-state index contributed by atoms with van der Waals surface area (Å²) in [6, 6.07) is 0. The summed E-state index contributed by atoms with van der Waals surface area (Å²) in [6.45, 7) is 2.61. The van der Waals surface area contributed by atoms with Gasteiger partial charge in [-0.25, -0.2) is 0 Å². The number of nitrogens with zero attached hydrogens (tertiary/aromatic N) is 2. The molecule has 0 aliphatic carbocycles. The van der Waals surface area contributed by atoms with Gasteiger partial charge in [-0.3, -0.25) is 4.68 Å². The first kappa shape index (κ1) is 8.01. The molecule has 0 unspecified atom stereocenters. The van der Waals surface area contributed by atoms with E-state index in [1.807, 2.05) is 32.4 Å². The Labute approximate surface area is 66.5 Å². The fourth-order valence-electron chi connectivity index (χ4n) is 0.858. The molecule has 0 spiro atoms. The predicted molar refractivity (Wildman–Crippen MR) is 45.9 cm³/mol. The quantitative estimate of drug-likeness (QED) is 0.679. The van der Waals surface area contributed by atoms with Crippen molar-refractivity contribution in [3.63, 3.8) is 0 Å². The molecule has 0 radical (unpaired) electrons. The molecule has 1 rings (SSSR count). The van der Waals surface area contributed by atoms with Crippen LogP contribution in [0.25, 0.3) is 6.08 Å². The number of hydrogen-bond acceptors (Lipinski definition) is 2. The molecule has 1 aromatic heterocycles. The highest BCUT2D eigenvalue weighted by molar-refractivity contribution is 5.50. The Bertz CT molecular complexity index is 260. The van der Waals surface area contributed by atoms with Crippen LogP contribution in [0.3, 0.4) is 0 Å². The van der Waals surface area contributed by atoms with Crippen molar-refractivity contribution in [2.45, 2.75) is 6.92 Å². The van der Waals surface area contributed by atoms with Crippen LogP contribution < -0.4 is 5.73 Å². The third kappa shape index (κ3) is 2.20. The lowest BCUT2D eigenvalue weighted by atomic mass is 10.2. The molecule has 1 aromatic rings. The first-order valence-corrected chi connectivity index (χ1v) is 3.58. The lowest BCUT2D eigenvalue weighted by Crippen LogP contribution is -1.98. The molecule has 0 saturated heterocycles. The lowest BCUT2D eigenvalue weighted by molar-refractivity contribution is 0.767. The van der Waals surface area contributed by atoms with Crippen molar-refractivity contribution in [3.8, 4) is 0 Å². The molecular weight excluding hydrogens is 138 g/mol. The third-order valence-corrected chi connectivity index (χ3v) is 1.46. The smallest absolute Gasteiger partial charge is 0.0562 e. The summed E-state index contributed by atoms with van der Waals surface area (Å²) in [4.78, 5) is 0. The summed E-state index contributed by atoms with van der Waals surface area (Å²) >= 11 is 0. The number of aromatic nitrogens is 2. The molecule has 0 atom stereocenters. The molecule has 0 saturated carbocycles. The van der Waals surface area contributed by atoms with E-state index in [0.29, 0.717) is 6.54 Å². The van der Waals surface area contributed by atoms with Crippen LogP contribution in [0, 0.1) is 0 Å². The first-order valence-electron chi connectivity index (χ1n) is 3.58.